The van der Waals surface area contributed by atoms with Crippen molar-refractivity contribution in [3.05, 3.63) is 138 Å². The molecule has 0 aliphatic carbocycles. The number of para-hydroxylation sites is 2. The number of carboxylic acids is 1. The van der Waals surface area contributed by atoms with E-state index in [0.717, 1.165) is 96.0 Å². The van der Waals surface area contributed by atoms with Gasteiger partial charge in [0.25, 0.3) is 5.91 Å². The molecule has 8 aromatic rings. The number of aromatic nitrogens is 6. The topological polar surface area (TPSA) is 435 Å². The number of halogens is 10. The number of aliphatic hydroxyl groups excluding tert-OH is 1. The fourth-order valence-corrected chi connectivity index (χ4v) is 13.3. The zero-order valence-electron chi connectivity index (χ0n) is 66.9. The Morgan fingerprint density at radius 2 is 0.942 bits per heavy atom. The van der Waals surface area contributed by atoms with Crippen LogP contribution in [0.5, 0.6) is 11.5 Å². The van der Waals surface area contributed by atoms with Crippen molar-refractivity contribution in [1.29, 1.82) is 10.5 Å². The van der Waals surface area contributed by atoms with Crippen LogP contribution in [0.4, 0.5) is 64.5 Å². The van der Waals surface area contributed by atoms with E-state index in [2.05, 4.69) is 80.8 Å². The van der Waals surface area contributed by atoms with Gasteiger partial charge < -0.3 is 96.4 Å². The van der Waals surface area contributed by atoms with Crippen molar-refractivity contribution in [2.75, 3.05) is 161 Å². The number of piperazine rings is 3. The van der Waals surface area contributed by atoms with Gasteiger partial charge >= 0.3 is 43.4 Å². The standard InChI is InChI=1S/C21H21Cl2N5O3.C12H11NO4.C10H13Cl2N3.C10H15N3.C9H12Cl2N4.C9H18N2O2.C5H6N2O.C2HF3O.CH4.ClH.Cu/c1-12-17(18(26-31-12)13-5-3-4-6-16(13)30-2)21(29)28-9-7-27(8-10-28)20-15(23)11-14(22)19(24)25-20;1-7-10(12(14)15)11(13-17-7)8-5-3-4-6-9(8)16-2;11-7-6-8(12)10(14-9(7)13)15-4-2-1-3-5-15;11-9-5-4-6-10(12-9)13-7-2-1-3-8-13;10-6-5-7(11)9(14-8(6)12)15-3-1-13-2-4-15;1-9(2,3)13-8(12)11-6-4-10-5-7-11;6-3-1-5(8)2-4-7;3-2(4,5)1-6;;;/h3-6,11H,7-10H2,1-2H3,(H2,24,25);3-6H,1-2H3,(H,14,15);6H,1-5H2,(H2,13,14);4-6H,1-3,7-8H2,(H2,11,12);5,13H,1-4H2,(H2,12,14);10H,4-7H2,1-3H3;5,8H,1-2H2;1H;1H4;1H;/q;;;;;;;;;;+1/p-1. The zero-order chi connectivity index (χ0) is 88.8. The average molecular weight is 1880 g/mol. The third-order valence-corrected chi connectivity index (χ3v) is 19.4. The number of anilines is 8. The molecule has 42 heteroatoms. The molecule has 0 unspecified atom stereocenters. The monoisotopic (exact) mass is 1870 g/mol. The normalized spacial score (nSPS) is 14.2. The number of piperidine rings is 2. The van der Waals surface area contributed by atoms with Crippen molar-refractivity contribution in [2.24, 2.45) is 0 Å². The van der Waals surface area contributed by atoms with Gasteiger partial charge in [0.1, 0.15) is 97.7 Å². The summed E-state index contributed by atoms with van der Waals surface area (Å²) in [4.78, 5) is 73.8. The molecule has 5 saturated heterocycles. The molecule has 31 nitrogen and oxygen atoms in total. The fraction of sp³-hybridized carbons (Fsp3) is 0.443. The molecule has 0 atom stereocenters. The molecule has 5 aliphatic heterocycles. The number of benzene rings is 2. The molecular formula is C79H101Cl7CuF3N20O11. The molecule has 0 bridgehead atoms. The van der Waals surface area contributed by atoms with Gasteiger partial charge in [-0.3, -0.25) is 9.59 Å². The van der Waals surface area contributed by atoms with E-state index in [9.17, 15) is 27.6 Å². The van der Waals surface area contributed by atoms with Gasteiger partial charge in [0.05, 0.1) is 75.4 Å². The molecule has 664 valence electrons. The Kier molecular flexibility index (Phi) is 45.3. The summed E-state index contributed by atoms with van der Waals surface area (Å²) < 4.78 is 57.4. The Hall–Kier alpha value is -9.46. The summed E-state index contributed by atoms with van der Waals surface area (Å²) in [6.07, 6.45) is 0.969. The fourth-order valence-electron chi connectivity index (χ4n) is 11.8. The number of carboxylic acid groups (broad SMARTS) is 1. The van der Waals surface area contributed by atoms with Crippen LogP contribution in [0.15, 0.2) is 94.0 Å². The van der Waals surface area contributed by atoms with E-state index in [1.807, 2.05) is 68.1 Å². The van der Waals surface area contributed by atoms with E-state index < -0.39 is 24.5 Å². The second kappa shape index (κ2) is 52.8. The summed E-state index contributed by atoms with van der Waals surface area (Å²) in [6.45, 7) is 22.1. The van der Waals surface area contributed by atoms with E-state index >= 15 is 0 Å². The maximum absolute atomic E-state index is 13.4. The van der Waals surface area contributed by atoms with E-state index in [1.165, 1.54) is 45.6 Å². The van der Waals surface area contributed by atoms with Gasteiger partial charge in [-0.2, -0.15) is 23.7 Å². The Balaban J connectivity index is 0.000000302. The first-order valence-corrected chi connectivity index (χ1v) is 40.9. The third kappa shape index (κ3) is 33.7. The first kappa shape index (κ1) is 104. The van der Waals surface area contributed by atoms with Crippen LogP contribution in [-0.2, 0) is 24.6 Å². The molecular weight excluding hydrogens is 1770 g/mol. The summed E-state index contributed by atoms with van der Waals surface area (Å²) >= 11 is 39.8. The maximum atomic E-state index is 13.4. The van der Waals surface area contributed by atoms with E-state index in [-0.39, 0.29) is 60.7 Å². The quantitative estimate of drug-likeness (QED) is 0.0416. The number of hydrogen-bond acceptors (Lipinski definition) is 28. The van der Waals surface area contributed by atoms with Crippen LogP contribution < -0.4 is 62.6 Å². The summed E-state index contributed by atoms with van der Waals surface area (Å²) in [5, 5.41) is 50.7. The number of nitriles is 2. The van der Waals surface area contributed by atoms with Crippen LogP contribution in [0.3, 0.4) is 0 Å². The minimum absolute atomic E-state index is 0. The molecule has 2 aromatic carbocycles. The number of alkyl halides is 3. The molecule has 12 N–H and O–H groups in total. The molecule has 5 aliphatic rings. The van der Waals surface area contributed by atoms with Crippen LogP contribution in [0, 0.1) is 36.5 Å². The van der Waals surface area contributed by atoms with Crippen molar-refractivity contribution >= 4 is 151 Å². The third-order valence-electron chi connectivity index (χ3n) is 17.6. The summed E-state index contributed by atoms with van der Waals surface area (Å²) in [6, 6.07) is 28.7. The van der Waals surface area contributed by atoms with Crippen LogP contribution in [0.2, 0.25) is 30.1 Å². The molecule has 13 rings (SSSR count). The first-order chi connectivity index (χ1) is 57.1. The summed E-state index contributed by atoms with van der Waals surface area (Å²) in [7, 11) is 7.30. The summed E-state index contributed by atoms with van der Waals surface area (Å²) in [5.74, 6) is 5.30. The Bertz CT molecular complexity index is 4580. The summed E-state index contributed by atoms with van der Waals surface area (Å²) in [5.41, 5.74) is 24.9. The van der Waals surface area contributed by atoms with Crippen LogP contribution in [0.25, 0.3) is 22.5 Å². The van der Waals surface area contributed by atoms with Gasteiger partial charge in [0, 0.05) is 116 Å². The van der Waals surface area contributed by atoms with Crippen molar-refractivity contribution in [1.82, 2.24) is 50.7 Å². The van der Waals surface area contributed by atoms with Gasteiger partial charge in [-0.1, -0.05) is 118 Å². The number of aliphatic hydroxyl groups is 1. The van der Waals surface area contributed by atoms with E-state index in [0.29, 0.717) is 119 Å². The number of carbonyl (C=O) groups excluding carboxylic acids is 3. The number of rotatable bonds is 12. The molecule has 0 saturated carbocycles. The van der Waals surface area contributed by atoms with Crippen molar-refractivity contribution in [3.63, 3.8) is 0 Å². The molecule has 11 heterocycles. The van der Waals surface area contributed by atoms with E-state index in [4.69, 9.17) is 141 Å². The molecule has 2 amide bonds. The number of aryl methyl sites for hydroxylation is 2. The number of nitrogen functional groups attached to an aromatic ring is 4. The second-order valence-electron chi connectivity index (χ2n) is 27.4. The number of nitrogens with two attached hydrogens (primary N) is 4. The molecule has 6 aromatic heterocycles. The van der Waals surface area contributed by atoms with Gasteiger partial charge in [0.2, 0.25) is 6.29 Å². The Morgan fingerprint density at radius 3 is 1.33 bits per heavy atom. The average Bonchev–Trinajstić information content (AvgIpc) is 1.68. The number of aldehydes is 1. The van der Waals surface area contributed by atoms with Crippen LogP contribution in [0.1, 0.15) is 112 Å². The van der Waals surface area contributed by atoms with Crippen LogP contribution in [-0.4, -0.2) is 211 Å². The predicted octanol–water partition coefficient (Wildman–Crippen LogP) is 15.3. The number of nitrogens with zero attached hydrogens (tertiary/aromatic N) is 14. The van der Waals surface area contributed by atoms with Gasteiger partial charge in [-0.05, 0) is 128 Å². The van der Waals surface area contributed by atoms with Crippen LogP contribution >= 0.6 is 79.7 Å². The molecule has 0 spiro atoms. The van der Waals surface area contributed by atoms with Crippen molar-refractivity contribution in [2.45, 2.75) is 111 Å². The number of carbonyl (C=O) groups is 4. The molecule has 5 fully saturated rings. The number of nitrogens with one attached hydrogen (secondary N) is 2. The molecule has 121 heavy (non-hydrogen) atoms. The number of amides is 2. The number of methoxy groups -OCH3 is 2. The minimum atomic E-state index is -4.64. The number of hydrogen-bond donors (Lipinski definition) is 8. The predicted molar refractivity (Wildman–Crippen MR) is 465 cm³/mol. The van der Waals surface area contributed by atoms with Gasteiger partial charge in [-0.25, -0.2) is 29.5 Å². The molecule has 0 radical (unpaired) electrons. The SMILES string of the molecule is C.CC(C)(C)OC(=O)N1CCNCC1.COc1ccccc1-c1noc(C)c1C(=O)N1CCN(c2nc(N)c(Cl)cc2Cl)CC1.COc1ccccc1-c1noc(C)c1C(=O)O.N#CCC(O)CC#N.Nc1cccc(N2CCCCC2)n1.Nc1nc(N2CCCCC2)c(Cl)cc1Cl.Nc1nc(N2CCNCC2)c(Cl)cc1Cl.O=CC(F)(F)F.[Cl][Cu]. The number of ether oxygens (including phenoxy) is 3. The van der Waals surface area contributed by atoms with Gasteiger partial charge in [-0.15, -0.1) is 0 Å². The Morgan fingerprint density at radius 1 is 0.562 bits per heavy atom. The Labute approximate surface area is 744 Å². The van der Waals surface area contributed by atoms with Crippen molar-refractivity contribution in [3.8, 4) is 46.2 Å². The van der Waals surface area contributed by atoms with Crippen molar-refractivity contribution < 1.29 is 80.9 Å². The first-order valence-electron chi connectivity index (χ1n) is 37.4. The second-order valence-corrected chi connectivity index (χ2v) is 29.8. The number of pyridine rings is 4. The number of aromatic carboxylic acids is 1. The zero-order valence-corrected chi connectivity index (χ0v) is 73.2. The van der Waals surface area contributed by atoms with E-state index in [1.54, 1.807) is 85.4 Å². The van der Waals surface area contributed by atoms with Gasteiger partial charge in [0.15, 0.2) is 0 Å².